The monoisotopic (exact) mass is 269 g/mol. The number of hydrogen-bond donors (Lipinski definition) is 2. The molecule has 3 N–H and O–H groups in total. The van der Waals surface area contributed by atoms with Crippen LogP contribution in [0.5, 0.6) is 0 Å². The molecule has 0 saturated heterocycles. The van der Waals surface area contributed by atoms with Crippen LogP contribution in [0.1, 0.15) is 37.4 Å². The van der Waals surface area contributed by atoms with Crippen LogP contribution in [0.3, 0.4) is 0 Å². The van der Waals surface area contributed by atoms with Crippen LogP contribution in [0.15, 0.2) is 22.7 Å². The minimum Gasteiger partial charge on any atom is -0.391 e. The van der Waals surface area contributed by atoms with Crippen molar-refractivity contribution in [3.63, 3.8) is 0 Å². The average Bonchev–Trinajstić information content (AvgIpc) is 2.13. The van der Waals surface area contributed by atoms with Crippen molar-refractivity contribution in [1.29, 1.82) is 0 Å². The second kappa shape index (κ2) is 3.58. The topological polar surface area (TPSA) is 46.2 Å². The third-order valence-corrected chi connectivity index (χ3v) is 3.73. The number of benzene rings is 1. The summed E-state index contributed by atoms with van der Waals surface area (Å²) in [5.41, 5.74) is 8.33. The molecule has 0 fully saturated rings. The zero-order valence-electron chi connectivity index (χ0n) is 9.00. The normalized spacial score (nSPS) is 28.6. The molecule has 0 spiro atoms. The Balaban J connectivity index is 2.59. The summed E-state index contributed by atoms with van der Waals surface area (Å²) in [5, 5.41) is 9.91. The maximum atomic E-state index is 9.91. The van der Waals surface area contributed by atoms with Crippen molar-refractivity contribution in [2.75, 3.05) is 0 Å². The Kier molecular flexibility index (Phi) is 2.65. The third kappa shape index (κ3) is 1.84. The fourth-order valence-corrected chi connectivity index (χ4v) is 2.77. The van der Waals surface area contributed by atoms with Gasteiger partial charge in [-0.05, 0) is 35.1 Å². The zero-order valence-corrected chi connectivity index (χ0v) is 10.6. The number of halogens is 1. The molecule has 0 unspecified atom stereocenters. The van der Waals surface area contributed by atoms with Gasteiger partial charge in [-0.15, -0.1) is 0 Å². The molecule has 1 aliphatic rings. The molecular weight excluding hydrogens is 254 g/mol. The van der Waals surface area contributed by atoms with E-state index >= 15 is 0 Å². The van der Waals surface area contributed by atoms with Crippen molar-refractivity contribution in [2.45, 2.75) is 37.8 Å². The molecular formula is C12H16BrNO. The first-order valence-corrected chi connectivity index (χ1v) is 5.95. The second-order valence-electron chi connectivity index (χ2n) is 4.91. The van der Waals surface area contributed by atoms with E-state index in [-0.39, 0.29) is 11.5 Å². The van der Waals surface area contributed by atoms with Gasteiger partial charge in [0.1, 0.15) is 0 Å². The summed E-state index contributed by atoms with van der Waals surface area (Å²) < 4.78 is 1.02. The molecule has 2 nitrogen and oxygen atoms in total. The Hall–Kier alpha value is -0.380. The van der Waals surface area contributed by atoms with E-state index in [1.54, 1.807) is 0 Å². The van der Waals surface area contributed by atoms with Crippen LogP contribution in [0.2, 0.25) is 0 Å². The molecule has 0 amide bonds. The van der Waals surface area contributed by atoms with E-state index in [1.807, 2.05) is 12.1 Å². The van der Waals surface area contributed by atoms with Gasteiger partial charge in [-0.25, -0.2) is 0 Å². The lowest BCUT2D eigenvalue weighted by molar-refractivity contribution is 0.0994. The molecule has 15 heavy (non-hydrogen) atoms. The van der Waals surface area contributed by atoms with Crippen LogP contribution >= 0.6 is 15.9 Å². The predicted octanol–water partition coefficient (Wildman–Crippen LogP) is 2.49. The van der Waals surface area contributed by atoms with Gasteiger partial charge in [0.2, 0.25) is 0 Å². The molecule has 1 aromatic carbocycles. The highest BCUT2D eigenvalue weighted by atomic mass is 79.9. The van der Waals surface area contributed by atoms with Crippen LogP contribution in [0.25, 0.3) is 0 Å². The second-order valence-corrected chi connectivity index (χ2v) is 5.83. The summed E-state index contributed by atoms with van der Waals surface area (Å²) in [6.45, 7) is 4.30. The SMILES string of the molecule is CC1(C)C[C@H](O)[C@@H](N)c2cc(Br)ccc21. The van der Waals surface area contributed by atoms with E-state index in [0.29, 0.717) is 0 Å². The van der Waals surface area contributed by atoms with Crippen LogP contribution in [0.4, 0.5) is 0 Å². The van der Waals surface area contributed by atoms with E-state index < -0.39 is 6.10 Å². The van der Waals surface area contributed by atoms with Crippen molar-refractivity contribution >= 4 is 15.9 Å². The summed E-state index contributed by atoms with van der Waals surface area (Å²) in [4.78, 5) is 0. The number of fused-ring (bicyclic) bond motifs is 1. The molecule has 3 heteroatoms. The molecule has 0 heterocycles. The summed E-state index contributed by atoms with van der Waals surface area (Å²) in [5.74, 6) is 0. The van der Waals surface area contributed by atoms with E-state index in [4.69, 9.17) is 5.73 Å². The summed E-state index contributed by atoms with van der Waals surface area (Å²) in [7, 11) is 0. The quantitative estimate of drug-likeness (QED) is 0.760. The molecule has 82 valence electrons. The predicted molar refractivity (Wildman–Crippen MR) is 64.7 cm³/mol. The van der Waals surface area contributed by atoms with Gasteiger partial charge in [0.05, 0.1) is 12.1 Å². The Morgan fingerprint density at radius 3 is 2.80 bits per heavy atom. The smallest absolute Gasteiger partial charge is 0.0741 e. The Bertz CT molecular complexity index is 389. The van der Waals surface area contributed by atoms with E-state index in [1.165, 1.54) is 5.56 Å². The Morgan fingerprint density at radius 1 is 1.47 bits per heavy atom. The van der Waals surface area contributed by atoms with Gasteiger partial charge in [-0.2, -0.15) is 0 Å². The van der Waals surface area contributed by atoms with Gasteiger partial charge in [-0.1, -0.05) is 35.8 Å². The highest BCUT2D eigenvalue weighted by Gasteiger charge is 2.36. The lowest BCUT2D eigenvalue weighted by Gasteiger charge is -2.39. The van der Waals surface area contributed by atoms with Crippen molar-refractivity contribution in [1.82, 2.24) is 0 Å². The molecule has 1 aromatic rings. The fourth-order valence-electron chi connectivity index (χ4n) is 2.39. The largest absolute Gasteiger partial charge is 0.391 e. The van der Waals surface area contributed by atoms with Gasteiger partial charge >= 0.3 is 0 Å². The summed E-state index contributed by atoms with van der Waals surface area (Å²) in [6, 6.07) is 5.89. The van der Waals surface area contributed by atoms with Gasteiger partial charge in [0.25, 0.3) is 0 Å². The first-order chi connectivity index (χ1) is 6.92. The summed E-state index contributed by atoms with van der Waals surface area (Å²) >= 11 is 3.44. The molecule has 0 aromatic heterocycles. The first kappa shape index (κ1) is 11.1. The molecule has 0 radical (unpaired) electrons. The fraction of sp³-hybridized carbons (Fsp3) is 0.500. The van der Waals surface area contributed by atoms with Crippen LogP contribution < -0.4 is 5.73 Å². The van der Waals surface area contributed by atoms with E-state index in [9.17, 15) is 5.11 Å². The molecule has 0 bridgehead atoms. The van der Waals surface area contributed by atoms with Crippen LogP contribution in [0, 0.1) is 0 Å². The Labute approximate surface area is 98.6 Å². The third-order valence-electron chi connectivity index (χ3n) is 3.24. The first-order valence-electron chi connectivity index (χ1n) is 5.15. The number of aliphatic hydroxyl groups excluding tert-OH is 1. The van der Waals surface area contributed by atoms with Gasteiger partial charge in [0, 0.05) is 4.47 Å². The standard InChI is InChI=1S/C12H16BrNO/c1-12(2)6-10(15)11(14)8-5-7(13)3-4-9(8)12/h3-5,10-11,15H,6,14H2,1-2H3/t10-,11-/m0/s1. The summed E-state index contributed by atoms with van der Waals surface area (Å²) in [6.07, 6.45) is 0.282. The van der Waals surface area contributed by atoms with Gasteiger partial charge < -0.3 is 10.8 Å². The van der Waals surface area contributed by atoms with E-state index in [0.717, 1.165) is 16.5 Å². The molecule has 1 aliphatic carbocycles. The highest BCUT2D eigenvalue weighted by Crippen LogP contribution is 2.41. The number of aliphatic hydroxyl groups is 1. The number of rotatable bonds is 0. The van der Waals surface area contributed by atoms with Crippen molar-refractivity contribution in [2.24, 2.45) is 5.73 Å². The molecule has 2 rings (SSSR count). The van der Waals surface area contributed by atoms with Crippen LogP contribution in [-0.4, -0.2) is 11.2 Å². The lowest BCUT2D eigenvalue weighted by atomic mass is 9.70. The van der Waals surface area contributed by atoms with Crippen molar-refractivity contribution in [3.8, 4) is 0 Å². The lowest BCUT2D eigenvalue weighted by Crippen LogP contribution is -2.39. The molecule has 0 saturated carbocycles. The maximum Gasteiger partial charge on any atom is 0.0741 e. The van der Waals surface area contributed by atoms with Gasteiger partial charge in [0.15, 0.2) is 0 Å². The number of hydrogen-bond acceptors (Lipinski definition) is 2. The highest BCUT2D eigenvalue weighted by molar-refractivity contribution is 9.10. The zero-order chi connectivity index (χ0) is 11.2. The number of nitrogens with two attached hydrogens (primary N) is 1. The van der Waals surface area contributed by atoms with Gasteiger partial charge in [-0.3, -0.25) is 0 Å². The van der Waals surface area contributed by atoms with E-state index in [2.05, 4.69) is 35.8 Å². The minimum absolute atomic E-state index is 0.00528. The minimum atomic E-state index is -0.443. The van der Waals surface area contributed by atoms with Crippen LogP contribution in [-0.2, 0) is 5.41 Å². The maximum absolute atomic E-state index is 9.91. The molecule has 2 atom stereocenters. The van der Waals surface area contributed by atoms with Crippen molar-refractivity contribution in [3.05, 3.63) is 33.8 Å². The Morgan fingerprint density at radius 2 is 2.13 bits per heavy atom. The average molecular weight is 270 g/mol. The molecule has 0 aliphatic heterocycles. The van der Waals surface area contributed by atoms with Crippen molar-refractivity contribution < 1.29 is 5.11 Å².